The molecule has 0 bridgehead atoms. The molecule has 1 aromatic rings. The van der Waals surface area contributed by atoms with Crippen molar-refractivity contribution in [1.82, 2.24) is 5.32 Å². The van der Waals surface area contributed by atoms with Crippen LogP contribution in [0.2, 0.25) is 0 Å². The molecule has 0 saturated carbocycles. The zero-order valence-electron chi connectivity index (χ0n) is 15.9. The van der Waals surface area contributed by atoms with E-state index in [0.717, 1.165) is 44.3 Å². The van der Waals surface area contributed by atoms with Crippen LogP contribution in [-0.4, -0.2) is 32.0 Å². The SMILES string of the molecule is C=CCNC(=O)O/C(C=O)=C/c1ccc(N(CCCC)CCCC)cc1. The van der Waals surface area contributed by atoms with E-state index >= 15 is 0 Å². The molecule has 5 nitrogen and oxygen atoms in total. The average Bonchev–Trinajstić information content (AvgIpc) is 2.66. The summed E-state index contributed by atoms with van der Waals surface area (Å²) >= 11 is 0. The van der Waals surface area contributed by atoms with Crippen LogP contribution < -0.4 is 10.2 Å². The first-order valence-corrected chi connectivity index (χ1v) is 9.23. The Morgan fingerprint density at radius 2 is 1.77 bits per heavy atom. The van der Waals surface area contributed by atoms with Gasteiger partial charge in [0.25, 0.3) is 0 Å². The van der Waals surface area contributed by atoms with Gasteiger partial charge in [-0.3, -0.25) is 4.79 Å². The van der Waals surface area contributed by atoms with E-state index in [0.29, 0.717) is 6.29 Å². The van der Waals surface area contributed by atoms with Gasteiger partial charge in [-0.25, -0.2) is 4.79 Å². The number of hydrogen-bond acceptors (Lipinski definition) is 4. The topological polar surface area (TPSA) is 58.6 Å². The minimum absolute atomic E-state index is 0.0341. The Kier molecular flexibility index (Phi) is 10.5. The lowest BCUT2D eigenvalue weighted by Gasteiger charge is -2.24. The van der Waals surface area contributed by atoms with Gasteiger partial charge in [-0.2, -0.15) is 0 Å². The average molecular weight is 358 g/mol. The lowest BCUT2D eigenvalue weighted by Crippen LogP contribution is -2.25. The minimum atomic E-state index is -0.676. The van der Waals surface area contributed by atoms with Crippen LogP contribution in [0.5, 0.6) is 0 Å². The fourth-order valence-electron chi connectivity index (χ4n) is 2.40. The van der Waals surface area contributed by atoms with Crippen molar-refractivity contribution in [1.29, 1.82) is 0 Å². The number of rotatable bonds is 12. The van der Waals surface area contributed by atoms with Crippen molar-refractivity contribution < 1.29 is 14.3 Å². The number of anilines is 1. The van der Waals surface area contributed by atoms with Crippen LogP contribution >= 0.6 is 0 Å². The molecule has 0 heterocycles. The fraction of sp³-hybridized carbons (Fsp3) is 0.429. The third kappa shape index (κ3) is 8.01. The third-order valence-electron chi connectivity index (χ3n) is 3.85. The van der Waals surface area contributed by atoms with Crippen molar-refractivity contribution in [2.45, 2.75) is 39.5 Å². The van der Waals surface area contributed by atoms with Crippen LogP contribution in [-0.2, 0) is 9.53 Å². The maximum Gasteiger partial charge on any atom is 0.412 e. The highest BCUT2D eigenvalue weighted by Crippen LogP contribution is 2.18. The van der Waals surface area contributed by atoms with E-state index in [1.165, 1.54) is 11.8 Å². The summed E-state index contributed by atoms with van der Waals surface area (Å²) in [5, 5.41) is 2.46. The Morgan fingerprint density at radius 3 is 2.27 bits per heavy atom. The molecule has 0 aromatic heterocycles. The predicted molar refractivity (Wildman–Crippen MR) is 107 cm³/mol. The molecule has 26 heavy (non-hydrogen) atoms. The van der Waals surface area contributed by atoms with Crippen molar-refractivity contribution in [3.05, 3.63) is 48.2 Å². The van der Waals surface area contributed by atoms with E-state index < -0.39 is 6.09 Å². The number of carbonyl (C=O) groups excluding carboxylic acids is 2. The molecule has 1 aromatic carbocycles. The minimum Gasteiger partial charge on any atom is -0.407 e. The van der Waals surface area contributed by atoms with Crippen LogP contribution in [0.4, 0.5) is 10.5 Å². The summed E-state index contributed by atoms with van der Waals surface area (Å²) in [6.07, 6.45) is 7.58. The molecule has 1 amide bonds. The zero-order chi connectivity index (χ0) is 19.2. The van der Waals surface area contributed by atoms with E-state index in [4.69, 9.17) is 4.74 Å². The van der Waals surface area contributed by atoms with E-state index in [1.54, 1.807) is 6.08 Å². The Morgan fingerprint density at radius 1 is 1.15 bits per heavy atom. The first-order chi connectivity index (χ1) is 12.6. The van der Waals surface area contributed by atoms with Crippen LogP contribution in [0.3, 0.4) is 0 Å². The maximum absolute atomic E-state index is 11.5. The van der Waals surface area contributed by atoms with Crippen molar-refractivity contribution >= 4 is 24.1 Å². The number of benzene rings is 1. The van der Waals surface area contributed by atoms with E-state index in [-0.39, 0.29) is 12.3 Å². The first-order valence-electron chi connectivity index (χ1n) is 9.23. The molecule has 142 valence electrons. The Hall–Kier alpha value is -2.56. The highest BCUT2D eigenvalue weighted by Gasteiger charge is 2.07. The van der Waals surface area contributed by atoms with Gasteiger partial charge in [0.2, 0.25) is 0 Å². The summed E-state index contributed by atoms with van der Waals surface area (Å²) in [6, 6.07) is 7.93. The van der Waals surface area contributed by atoms with Crippen LogP contribution in [0, 0.1) is 0 Å². The Bertz CT molecular complexity index is 586. The quantitative estimate of drug-likeness (QED) is 0.258. The molecule has 0 radical (unpaired) electrons. The zero-order valence-corrected chi connectivity index (χ0v) is 15.9. The second-order valence-corrected chi connectivity index (χ2v) is 6.01. The summed E-state index contributed by atoms with van der Waals surface area (Å²) in [5.41, 5.74) is 1.97. The first kappa shape index (κ1) is 21.5. The van der Waals surface area contributed by atoms with Crippen LogP contribution in [0.15, 0.2) is 42.7 Å². The largest absolute Gasteiger partial charge is 0.412 e. The number of carbonyl (C=O) groups is 2. The van der Waals surface area contributed by atoms with Gasteiger partial charge in [-0.1, -0.05) is 44.9 Å². The molecule has 0 saturated heterocycles. The number of nitrogens with zero attached hydrogens (tertiary/aromatic N) is 1. The number of aldehydes is 1. The van der Waals surface area contributed by atoms with Crippen LogP contribution in [0.25, 0.3) is 6.08 Å². The molecule has 0 unspecified atom stereocenters. The number of ether oxygens (including phenoxy) is 1. The summed E-state index contributed by atoms with van der Waals surface area (Å²) in [7, 11) is 0. The lowest BCUT2D eigenvalue weighted by molar-refractivity contribution is -0.106. The van der Waals surface area contributed by atoms with Gasteiger partial charge in [-0.05, 0) is 36.6 Å². The molecule has 0 spiro atoms. The summed E-state index contributed by atoms with van der Waals surface area (Å²) in [6.45, 7) is 10.2. The number of alkyl carbamates (subject to hydrolysis) is 1. The summed E-state index contributed by atoms with van der Waals surface area (Å²) < 4.78 is 4.97. The molecule has 0 aliphatic heterocycles. The molecule has 0 fully saturated rings. The Labute approximate surface area is 156 Å². The molecule has 5 heteroatoms. The standard InChI is InChI=1S/C21H30N2O3/c1-4-7-14-23(15-8-5-2)19-11-9-18(10-12-19)16-20(17-24)26-21(25)22-13-6-3/h6,9-12,16-17H,3-5,7-8,13-15H2,1-2H3,(H,22,25)/b20-16+. The number of allylic oxidation sites excluding steroid dienone is 1. The highest BCUT2D eigenvalue weighted by molar-refractivity contribution is 5.84. The highest BCUT2D eigenvalue weighted by atomic mass is 16.6. The second-order valence-electron chi connectivity index (χ2n) is 6.01. The molecule has 1 N–H and O–H groups in total. The summed E-state index contributed by atoms with van der Waals surface area (Å²) in [4.78, 5) is 25.0. The molecular weight excluding hydrogens is 328 g/mol. The second kappa shape index (κ2) is 12.8. The lowest BCUT2D eigenvalue weighted by atomic mass is 10.1. The van der Waals surface area contributed by atoms with E-state index in [2.05, 4.69) is 30.6 Å². The van der Waals surface area contributed by atoms with Crippen molar-refractivity contribution in [2.75, 3.05) is 24.5 Å². The molecule has 0 atom stereocenters. The van der Waals surface area contributed by atoms with E-state index in [9.17, 15) is 9.59 Å². The van der Waals surface area contributed by atoms with Crippen molar-refractivity contribution in [2.24, 2.45) is 0 Å². The van der Waals surface area contributed by atoms with Gasteiger partial charge in [0.15, 0.2) is 12.0 Å². The summed E-state index contributed by atoms with van der Waals surface area (Å²) in [5.74, 6) is -0.0341. The Balaban J connectivity index is 2.80. The van der Waals surface area contributed by atoms with Crippen molar-refractivity contribution in [3.8, 4) is 0 Å². The number of unbranched alkanes of at least 4 members (excludes halogenated alkanes) is 2. The smallest absolute Gasteiger partial charge is 0.407 e. The number of nitrogens with one attached hydrogen (secondary N) is 1. The van der Waals surface area contributed by atoms with Gasteiger partial charge in [0.05, 0.1) is 0 Å². The van der Waals surface area contributed by atoms with Crippen LogP contribution in [0.1, 0.15) is 45.1 Å². The molecule has 0 aliphatic rings. The van der Waals surface area contributed by atoms with Gasteiger partial charge in [0.1, 0.15) is 0 Å². The molecule has 0 aliphatic carbocycles. The molecular formula is C21H30N2O3. The third-order valence-corrected chi connectivity index (χ3v) is 3.85. The van der Waals surface area contributed by atoms with Gasteiger partial charge >= 0.3 is 6.09 Å². The van der Waals surface area contributed by atoms with Gasteiger partial charge in [0, 0.05) is 25.3 Å². The van der Waals surface area contributed by atoms with Gasteiger partial charge in [-0.15, -0.1) is 6.58 Å². The van der Waals surface area contributed by atoms with Crippen molar-refractivity contribution in [3.63, 3.8) is 0 Å². The monoisotopic (exact) mass is 358 g/mol. The number of hydrogen-bond donors (Lipinski definition) is 1. The normalized spacial score (nSPS) is 10.9. The predicted octanol–water partition coefficient (Wildman–Crippen LogP) is 4.55. The fourth-order valence-corrected chi connectivity index (χ4v) is 2.40. The molecule has 1 rings (SSSR count). The van der Waals surface area contributed by atoms with Gasteiger partial charge < -0.3 is 15.0 Å². The number of amides is 1. The van der Waals surface area contributed by atoms with E-state index in [1.807, 2.05) is 24.3 Å². The maximum atomic E-state index is 11.5.